The van der Waals surface area contributed by atoms with Crippen LogP contribution in [-0.2, 0) is 11.3 Å². The minimum absolute atomic E-state index is 0.0551. The van der Waals surface area contributed by atoms with E-state index in [4.69, 9.17) is 23.3 Å². The molecule has 2 aromatic carbocycles. The molecule has 0 saturated carbocycles. The van der Waals surface area contributed by atoms with Gasteiger partial charge in [-0.2, -0.15) is 0 Å². The van der Waals surface area contributed by atoms with Crippen molar-refractivity contribution < 1.29 is 28.1 Å². The van der Waals surface area contributed by atoms with Crippen molar-refractivity contribution in [3.05, 3.63) is 72.1 Å². The van der Waals surface area contributed by atoms with Crippen LogP contribution in [0.4, 0.5) is 0 Å². The minimum Gasteiger partial charge on any atom is -0.454 e. The maximum absolute atomic E-state index is 12.2. The van der Waals surface area contributed by atoms with E-state index in [0.717, 1.165) is 11.1 Å². The molecule has 4 aromatic rings. The summed E-state index contributed by atoms with van der Waals surface area (Å²) in [6, 6.07) is 18.0. The highest BCUT2D eigenvalue weighted by Crippen LogP contribution is 2.36. The second-order valence-corrected chi connectivity index (χ2v) is 6.27. The molecule has 0 N–H and O–H groups in total. The van der Waals surface area contributed by atoms with Gasteiger partial charge >= 0.3 is 5.97 Å². The van der Waals surface area contributed by atoms with Gasteiger partial charge in [-0.05, 0) is 18.2 Å². The molecule has 29 heavy (non-hydrogen) atoms. The van der Waals surface area contributed by atoms with Crippen molar-refractivity contribution in [2.24, 2.45) is 0 Å². The number of esters is 1. The standard InChI is InChI=1S/C21H14N2O6/c24-21(16-10-19(29-23-16)13-4-2-1-3-5-13)25-11-15-9-18(28-22-15)14-6-7-17-20(8-14)27-12-26-17/h1-10H,11-12H2. The van der Waals surface area contributed by atoms with E-state index < -0.39 is 5.97 Å². The fourth-order valence-electron chi connectivity index (χ4n) is 2.89. The summed E-state index contributed by atoms with van der Waals surface area (Å²) in [5, 5.41) is 7.71. The van der Waals surface area contributed by atoms with Crippen molar-refractivity contribution in [3.8, 4) is 34.1 Å². The number of aromatic nitrogens is 2. The SMILES string of the molecule is O=C(OCc1cc(-c2ccc3c(c2)OCO3)on1)c1cc(-c2ccccc2)on1. The zero-order valence-electron chi connectivity index (χ0n) is 15.0. The normalized spacial score (nSPS) is 12.1. The van der Waals surface area contributed by atoms with E-state index in [1.807, 2.05) is 36.4 Å². The van der Waals surface area contributed by atoms with Crippen LogP contribution in [0.25, 0.3) is 22.6 Å². The zero-order valence-corrected chi connectivity index (χ0v) is 15.0. The van der Waals surface area contributed by atoms with Crippen molar-refractivity contribution in [2.75, 3.05) is 6.79 Å². The predicted molar refractivity (Wildman–Crippen MR) is 99.1 cm³/mol. The van der Waals surface area contributed by atoms with Crippen LogP contribution < -0.4 is 9.47 Å². The van der Waals surface area contributed by atoms with Crippen LogP contribution in [0.2, 0.25) is 0 Å². The smallest absolute Gasteiger partial charge is 0.360 e. The van der Waals surface area contributed by atoms with E-state index in [9.17, 15) is 4.79 Å². The molecule has 0 saturated heterocycles. The fraction of sp³-hybridized carbons (Fsp3) is 0.0952. The Hall–Kier alpha value is -4.07. The summed E-state index contributed by atoms with van der Waals surface area (Å²) in [4.78, 5) is 12.2. The molecule has 0 spiro atoms. The molecule has 3 heterocycles. The summed E-state index contributed by atoms with van der Waals surface area (Å²) in [6.07, 6.45) is 0. The van der Waals surface area contributed by atoms with Gasteiger partial charge in [0, 0.05) is 23.3 Å². The first kappa shape index (κ1) is 17.1. The highest BCUT2D eigenvalue weighted by molar-refractivity contribution is 5.88. The van der Waals surface area contributed by atoms with Gasteiger partial charge in [0.25, 0.3) is 0 Å². The molecule has 5 rings (SSSR count). The topological polar surface area (TPSA) is 96.8 Å². The lowest BCUT2D eigenvalue weighted by Crippen LogP contribution is -2.05. The Morgan fingerprint density at radius 2 is 1.66 bits per heavy atom. The lowest BCUT2D eigenvalue weighted by atomic mass is 10.1. The molecule has 0 radical (unpaired) electrons. The minimum atomic E-state index is -0.608. The molecule has 0 aliphatic carbocycles. The largest absolute Gasteiger partial charge is 0.454 e. The van der Waals surface area contributed by atoms with Crippen molar-refractivity contribution in [3.63, 3.8) is 0 Å². The molecule has 0 fully saturated rings. The molecule has 2 aromatic heterocycles. The van der Waals surface area contributed by atoms with E-state index in [1.54, 1.807) is 24.3 Å². The van der Waals surface area contributed by atoms with Crippen molar-refractivity contribution in [1.29, 1.82) is 0 Å². The van der Waals surface area contributed by atoms with Gasteiger partial charge in [0.2, 0.25) is 6.79 Å². The summed E-state index contributed by atoms with van der Waals surface area (Å²) in [6.45, 7) is 0.144. The summed E-state index contributed by atoms with van der Waals surface area (Å²) >= 11 is 0. The first-order chi connectivity index (χ1) is 14.3. The summed E-state index contributed by atoms with van der Waals surface area (Å²) in [5.74, 6) is 1.74. The van der Waals surface area contributed by atoms with Crippen LogP contribution in [0.15, 0.2) is 69.7 Å². The van der Waals surface area contributed by atoms with E-state index in [1.165, 1.54) is 0 Å². The monoisotopic (exact) mass is 390 g/mol. The number of fused-ring (bicyclic) bond motifs is 1. The average Bonchev–Trinajstić information content (AvgIpc) is 3.52. The molecular formula is C21H14N2O6. The van der Waals surface area contributed by atoms with Gasteiger partial charge in [0.1, 0.15) is 12.3 Å². The predicted octanol–water partition coefficient (Wildman–Crippen LogP) is 4.08. The van der Waals surface area contributed by atoms with Gasteiger partial charge in [0.05, 0.1) is 0 Å². The highest BCUT2D eigenvalue weighted by Gasteiger charge is 2.18. The van der Waals surface area contributed by atoms with E-state index >= 15 is 0 Å². The molecule has 0 unspecified atom stereocenters. The third-order valence-corrected chi connectivity index (χ3v) is 4.34. The van der Waals surface area contributed by atoms with Crippen molar-refractivity contribution in [1.82, 2.24) is 10.3 Å². The van der Waals surface area contributed by atoms with Gasteiger partial charge < -0.3 is 23.3 Å². The molecule has 144 valence electrons. The Labute approximate surface area is 164 Å². The number of nitrogens with zero attached hydrogens (tertiary/aromatic N) is 2. The Morgan fingerprint density at radius 3 is 2.55 bits per heavy atom. The second kappa shape index (κ2) is 7.16. The summed E-state index contributed by atoms with van der Waals surface area (Å²) in [7, 11) is 0. The van der Waals surface area contributed by atoms with Crippen molar-refractivity contribution >= 4 is 5.97 Å². The second-order valence-electron chi connectivity index (χ2n) is 6.27. The molecule has 0 atom stereocenters. The Kier molecular flexibility index (Phi) is 4.21. The number of hydrogen-bond acceptors (Lipinski definition) is 8. The van der Waals surface area contributed by atoms with Gasteiger partial charge in [-0.3, -0.25) is 0 Å². The van der Waals surface area contributed by atoms with Crippen LogP contribution in [0, 0.1) is 0 Å². The number of benzene rings is 2. The molecule has 8 heteroatoms. The third kappa shape index (κ3) is 3.43. The van der Waals surface area contributed by atoms with Crippen molar-refractivity contribution in [2.45, 2.75) is 6.61 Å². The maximum Gasteiger partial charge on any atom is 0.360 e. The quantitative estimate of drug-likeness (QED) is 0.470. The van der Waals surface area contributed by atoms with E-state index in [-0.39, 0.29) is 19.1 Å². The van der Waals surface area contributed by atoms with E-state index in [0.29, 0.717) is 28.7 Å². The van der Waals surface area contributed by atoms with Crippen LogP contribution in [-0.4, -0.2) is 23.1 Å². The highest BCUT2D eigenvalue weighted by atomic mass is 16.7. The third-order valence-electron chi connectivity index (χ3n) is 4.34. The number of hydrogen-bond donors (Lipinski definition) is 0. The fourth-order valence-corrected chi connectivity index (χ4v) is 2.89. The Bertz CT molecular complexity index is 1160. The lowest BCUT2D eigenvalue weighted by molar-refractivity contribution is 0.0452. The summed E-state index contributed by atoms with van der Waals surface area (Å²) in [5.41, 5.74) is 2.16. The van der Waals surface area contributed by atoms with Crippen LogP contribution in [0.1, 0.15) is 16.2 Å². The van der Waals surface area contributed by atoms with Gasteiger partial charge in [0.15, 0.2) is 28.7 Å². The zero-order chi connectivity index (χ0) is 19.6. The van der Waals surface area contributed by atoms with Crippen LogP contribution in [0.5, 0.6) is 11.5 Å². The Balaban J connectivity index is 1.24. The number of ether oxygens (including phenoxy) is 3. The molecule has 1 aliphatic rings. The summed E-state index contributed by atoms with van der Waals surface area (Å²) < 4.78 is 26.5. The molecular weight excluding hydrogens is 376 g/mol. The lowest BCUT2D eigenvalue weighted by Gasteiger charge is -1.98. The number of carbonyl (C=O) groups is 1. The number of rotatable bonds is 5. The molecule has 0 bridgehead atoms. The number of carbonyl (C=O) groups excluding carboxylic acids is 1. The maximum atomic E-state index is 12.2. The molecule has 0 amide bonds. The van der Waals surface area contributed by atoms with Crippen LogP contribution in [0.3, 0.4) is 0 Å². The van der Waals surface area contributed by atoms with E-state index in [2.05, 4.69) is 10.3 Å². The van der Waals surface area contributed by atoms with Gasteiger partial charge in [-0.15, -0.1) is 0 Å². The molecule has 1 aliphatic heterocycles. The first-order valence-corrected chi connectivity index (χ1v) is 8.81. The average molecular weight is 390 g/mol. The van der Waals surface area contributed by atoms with Crippen LogP contribution >= 0.6 is 0 Å². The van der Waals surface area contributed by atoms with Gasteiger partial charge in [-0.25, -0.2) is 4.79 Å². The Morgan fingerprint density at radius 1 is 0.862 bits per heavy atom. The first-order valence-electron chi connectivity index (χ1n) is 8.81. The molecule has 8 nitrogen and oxygen atoms in total. The van der Waals surface area contributed by atoms with Gasteiger partial charge in [-0.1, -0.05) is 40.6 Å².